The zero-order chi connectivity index (χ0) is 21.3. The van der Waals surface area contributed by atoms with Crippen LogP contribution in [0.5, 0.6) is 0 Å². The van der Waals surface area contributed by atoms with E-state index in [2.05, 4.69) is 19.9 Å². The van der Waals surface area contributed by atoms with E-state index >= 15 is 0 Å². The number of aromatic amines is 1. The Hall–Kier alpha value is -3.00. The highest BCUT2D eigenvalue weighted by atomic mass is 35.5. The molecule has 4 aromatic heterocycles. The Balaban J connectivity index is 1.44. The van der Waals surface area contributed by atoms with E-state index in [1.54, 1.807) is 24.7 Å². The summed E-state index contributed by atoms with van der Waals surface area (Å²) in [5.74, 6) is -0.455. The van der Waals surface area contributed by atoms with E-state index in [9.17, 15) is 17.6 Å². The van der Waals surface area contributed by atoms with Crippen molar-refractivity contribution in [3.05, 3.63) is 88.0 Å². The van der Waals surface area contributed by atoms with Gasteiger partial charge in [0.15, 0.2) is 0 Å². The van der Waals surface area contributed by atoms with Gasteiger partial charge in [0.05, 0.1) is 10.7 Å². The Morgan fingerprint density at radius 3 is 2.43 bits per heavy atom. The van der Waals surface area contributed by atoms with Crippen molar-refractivity contribution in [3.8, 4) is 0 Å². The number of rotatable bonds is 5. The monoisotopic (exact) mass is 434 g/mol. The van der Waals surface area contributed by atoms with E-state index in [0.717, 1.165) is 23.2 Å². The average Bonchev–Trinajstić information content (AvgIpc) is 3.09. The van der Waals surface area contributed by atoms with Crippen LogP contribution in [0.1, 0.15) is 28.1 Å². The molecule has 4 nitrogen and oxygen atoms in total. The molecule has 30 heavy (non-hydrogen) atoms. The second-order valence-electron chi connectivity index (χ2n) is 6.86. The molecule has 4 rings (SSSR count). The number of nitrogens with zero attached hydrogens (tertiary/aromatic N) is 3. The smallest absolute Gasteiger partial charge is 0.346 e. The lowest BCUT2D eigenvalue weighted by Crippen LogP contribution is -2.08. The Morgan fingerprint density at radius 1 is 0.933 bits per heavy atom. The van der Waals surface area contributed by atoms with Gasteiger partial charge in [0.25, 0.3) is 0 Å². The molecule has 0 spiro atoms. The van der Waals surface area contributed by atoms with Crippen molar-refractivity contribution < 1.29 is 17.6 Å². The molecule has 0 unspecified atom stereocenters. The molecule has 0 aromatic carbocycles. The minimum Gasteiger partial charge on any atom is -0.346 e. The van der Waals surface area contributed by atoms with Gasteiger partial charge in [-0.15, -0.1) is 0 Å². The highest BCUT2D eigenvalue weighted by Gasteiger charge is 2.31. The number of fused-ring (bicyclic) bond motifs is 1. The first-order chi connectivity index (χ1) is 14.3. The molecule has 0 atom stereocenters. The lowest BCUT2D eigenvalue weighted by molar-refractivity contribution is -0.141. The summed E-state index contributed by atoms with van der Waals surface area (Å²) < 4.78 is 52.2. The van der Waals surface area contributed by atoms with Crippen LogP contribution in [-0.4, -0.2) is 19.9 Å². The predicted octanol–water partition coefficient (Wildman–Crippen LogP) is 5.54. The Morgan fingerprint density at radius 2 is 1.73 bits per heavy atom. The molecule has 0 bridgehead atoms. The van der Waals surface area contributed by atoms with E-state index in [4.69, 9.17) is 11.6 Å². The van der Waals surface area contributed by atoms with E-state index in [0.29, 0.717) is 34.6 Å². The van der Waals surface area contributed by atoms with Gasteiger partial charge in [0.1, 0.15) is 17.2 Å². The molecule has 0 radical (unpaired) electrons. The van der Waals surface area contributed by atoms with Crippen molar-refractivity contribution in [2.45, 2.75) is 25.4 Å². The summed E-state index contributed by atoms with van der Waals surface area (Å²) in [4.78, 5) is 14.9. The van der Waals surface area contributed by atoms with Crippen LogP contribution in [0, 0.1) is 5.82 Å². The van der Waals surface area contributed by atoms with Gasteiger partial charge in [0, 0.05) is 36.6 Å². The molecule has 1 N–H and O–H groups in total. The topological polar surface area (TPSA) is 54.5 Å². The maximum atomic E-state index is 14.5. The van der Waals surface area contributed by atoms with Crippen LogP contribution < -0.4 is 0 Å². The molecule has 0 saturated carbocycles. The average molecular weight is 435 g/mol. The molecule has 0 saturated heterocycles. The Kier molecular flexibility index (Phi) is 5.42. The Labute approximate surface area is 174 Å². The van der Waals surface area contributed by atoms with Crippen LogP contribution in [-0.2, 0) is 25.4 Å². The van der Waals surface area contributed by atoms with Gasteiger partial charge >= 0.3 is 6.18 Å². The van der Waals surface area contributed by atoms with Crippen LogP contribution >= 0.6 is 11.6 Å². The first-order valence-electron chi connectivity index (χ1n) is 9.06. The highest BCUT2D eigenvalue weighted by molar-refractivity contribution is 6.31. The van der Waals surface area contributed by atoms with Crippen LogP contribution in [0.3, 0.4) is 0 Å². The normalized spacial score (nSPS) is 11.9. The van der Waals surface area contributed by atoms with Gasteiger partial charge in [-0.3, -0.25) is 9.97 Å². The van der Waals surface area contributed by atoms with Gasteiger partial charge in [-0.05, 0) is 47.7 Å². The fraction of sp³-hybridized carbons (Fsp3) is 0.190. The first kappa shape index (κ1) is 20.3. The van der Waals surface area contributed by atoms with E-state index in [-0.39, 0.29) is 12.1 Å². The maximum Gasteiger partial charge on any atom is 0.433 e. The highest BCUT2D eigenvalue weighted by Crippen LogP contribution is 2.27. The van der Waals surface area contributed by atoms with Crippen molar-refractivity contribution in [1.29, 1.82) is 0 Å². The summed E-state index contributed by atoms with van der Waals surface area (Å²) in [6, 6.07) is 5.49. The van der Waals surface area contributed by atoms with Crippen molar-refractivity contribution in [1.82, 2.24) is 19.9 Å². The third-order valence-electron chi connectivity index (χ3n) is 4.72. The van der Waals surface area contributed by atoms with E-state index in [1.807, 2.05) is 0 Å². The van der Waals surface area contributed by atoms with Gasteiger partial charge in [0.2, 0.25) is 0 Å². The zero-order valence-electron chi connectivity index (χ0n) is 15.5. The van der Waals surface area contributed by atoms with Crippen molar-refractivity contribution >= 4 is 22.6 Å². The number of hydrogen-bond donors (Lipinski definition) is 1. The summed E-state index contributed by atoms with van der Waals surface area (Å²) in [5, 5.41) is 1.38. The van der Waals surface area contributed by atoms with Gasteiger partial charge in [-0.1, -0.05) is 17.7 Å². The second-order valence-corrected chi connectivity index (χ2v) is 7.30. The van der Waals surface area contributed by atoms with Crippen LogP contribution in [0.4, 0.5) is 17.6 Å². The Bertz CT molecular complexity index is 1190. The molecule has 0 aliphatic rings. The number of H-pyrrole nitrogens is 1. The first-order valence-corrected chi connectivity index (χ1v) is 9.44. The minimum atomic E-state index is -4.48. The summed E-state index contributed by atoms with van der Waals surface area (Å²) in [7, 11) is 0. The van der Waals surface area contributed by atoms with E-state index in [1.165, 1.54) is 12.1 Å². The van der Waals surface area contributed by atoms with E-state index < -0.39 is 17.7 Å². The minimum absolute atomic E-state index is 0.252. The van der Waals surface area contributed by atoms with Crippen molar-refractivity contribution in [3.63, 3.8) is 0 Å². The molecule has 4 aromatic rings. The molecular weight excluding hydrogens is 420 g/mol. The number of aromatic nitrogens is 4. The second kappa shape index (κ2) is 8.02. The maximum absolute atomic E-state index is 14.5. The van der Waals surface area contributed by atoms with Crippen molar-refractivity contribution in [2.24, 2.45) is 0 Å². The molecule has 0 fully saturated rings. The molecular formula is C21H15ClF4N4. The molecule has 9 heteroatoms. The lowest BCUT2D eigenvalue weighted by Gasteiger charge is -2.08. The zero-order valence-corrected chi connectivity index (χ0v) is 16.2. The summed E-state index contributed by atoms with van der Waals surface area (Å²) in [5.41, 5.74) is 2.19. The molecule has 0 amide bonds. The number of hydrogen-bond acceptors (Lipinski definition) is 3. The fourth-order valence-electron chi connectivity index (χ4n) is 3.19. The van der Waals surface area contributed by atoms with Crippen molar-refractivity contribution in [2.75, 3.05) is 0 Å². The molecule has 0 aliphatic carbocycles. The predicted molar refractivity (Wildman–Crippen MR) is 105 cm³/mol. The third kappa shape index (κ3) is 4.43. The number of nitrogens with one attached hydrogen (secondary N) is 1. The SMILES string of the molecule is Fc1cc(Cc2c[nH]c3ncc(Cl)cc23)cnc1CCc1ccc(C(F)(F)F)nc1. The molecule has 4 heterocycles. The molecule has 154 valence electrons. The van der Waals surface area contributed by atoms with Crippen LogP contribution in [0.2, 0.25) is 5.02 Å². The third-order valence-corrected chi connectivity index (χ3v) is 4.92. The van der Waals surface area contributed by atoms with Crippen LogP contribution in [0.25, 0.3) is 11.0 Å². The summed E-state index contributed by atoms with van der Waals surface area (Å²) >= 11 is 6.00. The van der Waals surface area contributed by atoms with Gasteiger partial charge < -0.3 is 4.98 Å². The number of halogens is 5. The largest absolute Gasteiger partial charge is 0.433 e. The summed E-state index contributed by atoms with van der Waals surface area (Å²) in [6.07, 6.45) is 2.67. The summed E-state index contributed by atoms with van der Waals surface area (Å²) in [6.45, 7) is 0. The number of alkyl halides is 3. The van der Waals surface area contributed by atoms with Gasteiger partial charge in [-0.2, -0.15) is 13.2 Å². The number of pyridine rings is 3. The number of aryl methyl sites for hydroxylation is 2. The quantitative estimate of drug-likeness (QED) is 0.419. The molecule has 0 aliphatic heterocycles. The standard InChI is InChI=1S/C21H15ClF4N4/c22-15-7-16-14(10-29-20(16)30-11-15)5-13-6-17(23)18(27-9-13)3-1-12-2-4-19(28-8-12)21(24,25)26/h2,4,6-11H,1,3,5H2,(H,29,30). The van der Waals surface area contributed by atoms with Gasteiger partial charge in [-0.25, -0.2) is 9.37 Å². The fourth-order valence-corrected chi connectivity index (χ4v) is 3.35. The van der Waals surface area contributed by atoms with Crippen LogP contribution in [0.15, 0.2) is 49.1 Å². The lowest BCUT2D eigenvalue weighted by atomic mass is 10.0.